The fourth-order valence-corrected chi connectivity index (χ4v) is 0.630. The normalized spacial score (nSPS) is 10.5. The van der Waals surface area contributed by atoms with Gasteiger partial charge in [0, 0.05) is 6.54 Å². The molecule has 0 amide bonds. The third-order valence-electron chi connectivity index (χ3n) is 1.17. The summed E-state index contributed by atoms with van der Waals surface area (Å²) >= 11 is 0. The summed E-state index contributed by atoms with van der Waals surface area (Å²) in [6.07, 6.45) is 1.08. The Kier molecular flexibility index (Phi) is 5.01. The fourth-order valence-electron chi connectivity index (χ4n) is 0.630. The highest BCUT2D eigenvalue weighted by atomic mass is 16.3. The van der Waals surface area contributed by atoms with Crippen LogP contribution in [-0.4, -0.2) is 24.7 Å². The first-order valence-electron chi connectivity index (χ1n) is 3.15. The summed E-state index contributed by atoms with van der Waals surface area (Å²) in [6.45, 7) is 5.87. The minimum absolute atomic E-state index is 0.0513. The predicted molar refractivity (Wildman–Crippen MR) is 33.1 cm³/mol. The highest BCUT2D eigenvalue weighted by Gasteiger charge is 1.95. The van der Waals surface area contributed by atoms with E-state index in [2.05, 4.69) is 6.92 Å². The van der Waals surface area contributed by atoms with Crippen molar-refractivity contribution in [3.05, 3.63) is 0 Å². The van der Waals surface area contributed by atoms with Crippen molar-refractivity contribution < 1.29 is 5.11 Å². The van der Waals surface area contributed by atoms with Crippen LogP contribution in [0, 0.1) is 0 Å². The summed E-state index contributed by atoms with van der Waals surface area (Å²) in [5, 5.41) is 10.2. The van der Waals surface area contributed by atoms with Gasteiger partial charge in [0.2, 0.25) is 0 Å². The molecule has 0 bridgehead atoms. The average molecular weight is 116 g/mol. The quantitative estimate of drug-likeness (QED) is 0.504. The van der Waals surface area contributed by atoms with E-state index >= 15 is 0 Å². The van der Waals surface area contributed by atoms with E-state index in [0.717, 1.165) is 19.5 Å². The Morgan fingerprint density at radius 2 is 2.00 bits per heavy atom. The molecule has 0 unspecified atom stereocenters. The lowest BCUT2D eigenvalue weighted by molar-refractivity contribution is 0.0550. The minimum Gasteiger partial charge on any atom is -0.279 e. The van der Waals surface area contributed by atoms with Gasteiger partial charge in [0.25, 0.3) is 0 Å². The monoisotopic (exact) mass is 116 g/mol. The minimum atomic E-state index is -0.0513. The number of hydrogen-bond acceptors (Lipinski definition) is 1. The molecule has 0 fully saturated rings. The smallest absolute Gasteiger partial charge is 0.135 e. The lowest BCUT2D eigenvalue weighted by Crippen LogP contribution is -2.24. The standard InChI is InChI=1S/C6H14NO/c1-3-5-7(4-2)6-8/h3-6H2,1-2H3. The van der Waals surface area contributed by atoms with Gasteiger partial charge < -0.3 is 0 Å². The Morgan fingerprint density at radius 3 is 2.12 bits per heavy atom. The summed E-state index contributed by atoms with van der Waals surface area (Å²) in [5.74, 6) is 0. The Bertz CT molecular complexity index is 43.8. The van der Waals surface area contributed by atoms with Crippen molar-refractivity contribution in [2.75, 3.05) is 19.8 Å². The van der Waals surface area contributed by atoms with Gasteiger partial charge in [-0.05, 0) is 13.0 Å². The summed E-state index contributed by atoms with van der Waals surface area (Å²) in [4.78, 5) is 1.88. The lowest BCUT2D eigenvalue weighted by atomic mass is 10.4. The first-order valence-corrected chi connectivity index (χ1v) is 3.15. The number of hydrogen-bond donors (Lipinski definition) is 0. The molecule has 0 aromatic rings. The van der Waals surface area contributed by atoms with E-state index in [1.807, 2.05) is 11.8 Å². The zero-order valence-corrected chi connectivity index (χ0v) is 5.68. The first-order chi connectivity index (χ1) is 3.85. The van der Waals surface area contributed by atoms with Crippen LogP contribution in [0.3, 0.4) is 0 Å². The maximum Gasteiger partial charge on any atom is 0.135 e. The predicted octanol–water partition coefficient (Wildman–Crippen LogP) is 1.11. The van der Waals surface area contributed by atoms with Crippen LogP contribution >= 0.6 is 0 Å². The van der Waals surface area contributed by atoms with Crippen LogP contribution in [0.1, 0.15) is 20.3 Å². The van der Waals surface area contributed by atoms with Crippen molar-refractivity contribution in [1.82, 2.24) is 4.90 Å². The second-order valence-electron chi connectivity index (χ2n) is 1.84. The van der Waals surface area contributed by atoms with Gasteiger partial charge in [-0.2, -0.15) is 0 Å². The van der Waals surface area contributed by atoms with Crippen molar-refractivity contribution in [2.24, 2.45) is 0 Å². The van der Waals surface area contributed by atoms with E-state index in [4.69, 9.17) is 0 Å². The van der Waals surface area contributed by atoms with Crippen molar-refractivity contribution in [3.8, 4) is 0 Å². The van der Waals surface area contributed by atoms with E-state index in [1.54, 1.807) is 0 Å². The largest absolute Gasteiger partial charge is 0.279 e. The molecule has 0 aromatic heterocycles. The molecule has 0 N–H and O–H groups in total. The molecule has 0 saturated carbocycles. The van der Waals surface area contributed by atoms with Gasteiger partial charge in [0.15, 0.2) is 0 Å². The Balaban J connectivity index is 3.07. The zero-order chi connectivity index (χ0) is 6.41. The summed E-state index contributed by atoms with van der Waals surface area (Å²) in [5.41, 5.74) is 0. The van der Waals surface area contributed by atoms with Gasteiger partial charge in [-0.25, -0.2) is 5.11 Å². The maximum atomic E-state index is 10.2. The molecule has 0 rings (SSSR count). The van der Waals surface area contributed by atoms with Crippen molar-refractivity contribution >= 4 is 0 Å². The molecule has 2 nitrogen and oxygen atoms in total. The van der Waals surface area contributed by atoms with Gasteiger partial charge in [0.1, 0.15) is 6.73 Å². The zero-order valence-electron chi connectivity index (χ0n) is 5.68. The summed E-state index contributed by atoms with van der Waals surface area (Å²) < 4.78 is 0. The third-order valence-corrected chi connectivity index (χ3v) is 1.17. The molecule has 0 saturated heterocycles. The van der Waals surface area contributed by atoms with Crippen molar-refractivity contribution in [2.45, 2.75) is 20.3 Å². The van der Waals surface area contributed by atoms with E-state index in [1.165, 1.54) is 0 Å². The van der Waals surface area contributed by atoms with Gasteiger partial charge >= 0.3 is 0 Å². The topological polar surface area (TPSA) is 23.1 Å². The van der Waals surface area contributed by atoms with E-state index < -0.39 is 0 Å². The molecule has 0 aromatic carbocycles. The molecule has 1 radical (unpaired) electrons. The molecular formula is C6H14NO. The van der Waals surface area contributed by atoms with E-state index in [-0.39, 0.29) is 6.73 Å². The molecule has 0 atom stereocenters. The van der Waals surface area contributed by atoms with Gasteiger partial charge in [-0.3, -0.25) is 4.90 Å². The first kappa shape index (κ1) is 7.92. The van der Waals surface area contributed by atoms with Gasteiger partial charge in [-0.15, -0.1) is 0 Å². The molecular weight excluding hydrogens is 102 g/mol. The van der Waals surface area contributed by atoms with Crippen molar-refractivity contribution in [3.63, 3.8) is 0 Å². The van der Waals surface area contributed by atoms with Crippen LogP contribution in [-0.2, 0) is 5.11 Å². The summed E-state index contributed by atoms with van der Waals surface area (Å²) in [7, 11) is 0. The summed E-state index contributed by atoms with van der Waals surface area (Å²) in [6, 6.07) is 0. The van der Waals surface area contributed by atoms with E-state index in [9.17, 15) is 5.11 Å². The molecule has 0 aliphatic heterocycles. The molecule has 0 aliphatic carbocycles. The molecule has 0 aliphatic rings. The molecule has 49 valence electrons. The maximum absolute atomic E-state index is 10.2. The highest BCUT2D eigenvalue weighted by molar-refractivity contribution is 4.44. The average Bonchev–Trinajstić information content (AvgIpc) is 1.83. The van der Waals surface area contributed by atoms with Gasteiger partial charge in [-0.1, -0.05) is 13.8 Å². The van der Waals surface area contributed by atoms with E-state index in [0.29, 0.717) is 0 Å². The van der Waals surface area contributed by atoms with Crippen LogP contribution in [0.2, 0.25) is 0 Å². The van der Waals surface area contributed by atoms with Gasteiger partial charge in [0.05, 0.1) is 0 Å². The van der Waals surface area contributed by atoms with Crippen LogP contribution in [0.25, 0.3) is 0 Å². The Labute approximate surface area is 51.1 Å². The van der Waals surface area contributed by atoms with Crippen LogP contribution in [0.5, 0.6) is 0 Å². The Morgan fingerprint density at radius 1 is 1.38 bits per heavy atom. The van der Waals surface area contributed by atoms with Crippen LogP contribution in [0.4, 0.5) is 0 Å². The second kappa shape index (κ2) is 5.06. The molecule has 0 spiro atoms. The number of nitrogens with zero attached hydrogens (tertiary/aromatic N) is 1. The molecule has 0 heterocycles. The van der Waals surface area contributed by atoms with Crippen molar-refractivity contribution in [1.29, 1.82) is 0 Å². The van der Waals surface area contributed by atoms with Crippen LogP contribution in [0.15, 0.2) is 0 Å². The molecule has 2 heteroatoms. The van der Waals surface area contributed by atoms with Crippen LogP contribution < -0.4 is 0 Å². The lowest BCUT2D eigenvalue weighted by Gasteiger charge is -2.13. The SMILES string of the molecule is CCCN(CC)C[O]. The third kappa shape index (κ3) is 2.99. The fraction of sp³-hybridized carbons (Fsp3) is 1.00. The second-order valence-corrected chi connectivity index (χ2v) is 1.84. The molecule has 8 heavy (non-hydrogen) atoms. The highest BCUT2D eigenvalue weighted by Crippen LogP contribution is 1.86. The Hall–Kier alpha value is -0.0800. The number of rotatable bonds is 4.